The van der Waals surface area contributed by atoms with Crippen LogP contribution in [0.25, 0.3) is 0 Å². The van der Waals surface area contributed by atoms with Gasteiger partial charge in [0.2, 0.25) is 5.91 Å². The molecule has 0 aromatic heterocycles. The van der Waals surface area contributed by atoms with Crippen molar-refractivity contribution in [3.8, 4) is 0 Å². The molecule has 4 rings (SSSR count). The first-order valence-electron chi connectivity index (χ1n) is 10.1. The van der Waals surface area contributed by atoms with Crippen LogP contribution in [0, 0.1) is 5.92 Å². The smallest absolute Gasteiger partial charge is 0.324 e. The van der Waals surface area contributed by atoms with Gasteiger partial charge in [-0.25, -0.2) is 5.43 Å². The first-order chi connectivity index (χ1) is 13.1. The first-order valence-corrected chi connectivity index (χ1v) is 10.1. The van der Waals surface area contributed by atoms with E-state index in [9.17, 15) is 9.59 Å². The van der Waals surface area contributed by atoms with E-state index in [4.69, 9.17) is 4.74 Å². The Morgan fingerprint density at radius 2 is 1.96 bits per heavy atom. The fourth-order valence-electron chi connectivity index (χ4n) is 4.91. The average molecular weight is 371 g/mol. The number of hydrazine groups is 1. The van der Waals surface area contributed by atoms with Crippen LogP contribution >= 0.6 is 0 Å². The first kappa shape index (κ1) is 18.4. The number of hydrogen-bond donors (Lipinski definition) is 3. The lowest BCUT2D eigenvalue weighted by molar-refractivity contribution is -0.144. The van der Waals surface area contributed by atoms with Gasteiger partial charge in [0.1, 0.15) is 6.04 Å². The maximum absolute atomic E-state index is 12.6. The van der Waals surface area contributed by atoms with Gasteiger partial charge in [-0.3, -0.25) is 15.0 Å². The molecule has 1 aliphatic heterocycles. The fraction of sp³-hybridized carbons (Fsp3) is 0.619. The number of esters is 1. The average Bonchev–Trinajstić information content (AvgIpc) is 3.10. The molecule has 1 saturated heterocycles. The van der Waals surface area contributed by atoms with Crippen molar-refractivity contribution in [2.24, 2.45) is 5.92 Å². The van der Waals surface area contributed by atoms with Crippen LogP contribution in [0.1, 0.15) is 48.8 Å². The highest BCUT2D eigenvalue weighted by atomic mass is 16.5. The number of carbonyl (C=O) groups is 2. The van der Waals surface area contributed by atoms with Gasteiger partial charge in [-0.05, 0) is 61.6 Å². The largest absolute Gasteiger partial charge is 0.468 e. The van der Waals surface area contributed by atoms with Crippen LogP contribution in [0.15, 0.2) is 18.2 Å². The Bertz CT molecular complexity index is 721. The minimum atomic E-state index is -0.333. The Balaban J connectivity index is 1.34. The predicted molar refractivity (Wildman–Crippen MR) is 102 cm³/mol. The van der Waals surface area contributed by atoms with Crippen molar-refractivity contribution in [1.82, 2.24) is 16.2 Å². The Kier molecular flexibility index (Phi) is 5.45. The number of aryl methyl sites for hydroxylation is 2. The summed E-state index contributed by atoms with van der Waals surface area (Å²) in [5, 5.41) is 3.19. The third-order valence-corrected chi connectivity index (χ3v) is 6.35. The lowest BCUT2D eigenvalue weighted by Crippen LogP contribution is -2.46. The van der Waals surface area contributed by atoms with Crippen LogP contribution in [0.5, 0.6) is 0 Å². The number of amides is 1. The van der Waals surface area contributed by atoms with Gasteiger partial charge in [-0.2, -0.15) is 0 Å². The number of benzene rings is 1. The van der Waals surface area contributed by atoms with E-state index in [-0.39, 0.29) is 35.9 Å². The molecule has 2 fully saturated rings. The third kappa shape index (κ3) is 4.01. The van der Waals surface area contributed by atoms with Crippen LogP contribution in [-0.4, -0.2) is 37.1 Å². The highest BCUT2D eigenvalue weighted by molar-refractivity contribution is 5.79. The summed E-state index contributed by atoms with van der Waals surface area (Å²) in [5.41, 5.74) is 10.2. The van der Waals surface area contributed by atoms with E-state index in [0.717, 1.165) is 37.7 Å². The molecule has 3 aliphatic rings. The number of nitrogens with one attached hydrogen (secondary N) is 3. The molecule has 0 spiro atoms. The van der Waals surface area contributed by atoms with Gasteiger partial charge in [0, 0.05) is 18.0 Å². The maximum Gasteiger partial charge on any atom is 0.324 e. The molecule has 1 aromatic carbocycles. The second-order valence-electron chi connectivity index (χ2n) is 8.12. The molecule has 1 saturated carbocycles. The van der Waals surface area contributed by atoms with Crippen molar-refractivity contribution in [3.63, 3.8) is 0 Å². The summed E-state index contributed by atoms with van der Waals surface area (Å²) < 4.78 is 4.90. The zero-order valence-corrected chi connectivity index (χ0v) is 15.9. The van der Waals surface area contributed by atoms with Gasteiger partial charge in [0.05, 0.1) is 13.5 Å². The van der Waals surface area contributed by atoms with E-state index in [1.165, 1.54) is 31.1 Å². The van der Waals surface area contributed by atoms with Gasteiger partial charge in [0.15, 0.2) is 0 Å². The molecule has 1 heterocycles. The molecule has 3 N–H and O–H groups in total. The number of fused-ring (bicyclic) bond motifs is 2. The van der Waals surface area contributed by atoms with E-state index in [0.29, 0.717) is 6.42 Å². The molecule has 4 unspecified atom stereocenters. The lowest BCUT2D eigenvalue weighted by Gasteiger charge is -2.32. The topological polar surface area (TPSA) is 79.5 Å². The highest BCUT2D eigenvalue weighted by Crippen LogP contribution is 2.31. The van der Waals surface area contributed by atoms with Gasteiger partial charge in [0.25, 0.3) is 0 Å². The molecule has 6 heteroatoms. The molecule has 1 amide bonds. The Morgan fingerprint density at radius 3 is 2.78 bits per heavy atom. The van der Waals surface area contributed by atoms with Crippen LogP contribution in [0.2, 0.25) is 0 Å². The van der Waals surface area contributed by atoms with Crippen molar-refractivity contribution in [2.45, 2.75) is 69.5 Å². The molecule has 2 aliphatic carbocycles. The third-order valence-electron chi connectivity index (χ3n) is 6.35. The second kappa shape index (κ2) is 7.98. The Hall–Kier alpha value is -1.92. The summed E-state index contributed by atoms with van der Waals surface area (Å²) >= 11 is 0. The standard InChI is InChI=1S/C21H29N3O3/c1-27-21(26)20-17-12-16(8-9-18(17)23-24-20)22-19(25)11-13-6-7-14-4-2-3-5-15(14)10-13/h6-7,10,16-18,20,23-24H,2-5,8-9,11-12H2,1H3,(H,22,25). The van der Waals surface area contributed by atoms with Gasteiger partial charge in [-0.1, -0.05) is 18.2 Å². The van der Waals surface area contributed by atoms with E-state index >= 15 is 0 Å². The van der Waals surface area contributed by atoms with Crippen molar-refractivity contribution in [2.75, 3.05) is 7.11 Å². The van der Waals surface area contributed by atoms with E-state index < -0.39 is 0 Å². The summed E-state index contributed by atoms with van der Waals surface area (Å²) in [7, 11) is 1.41. The molecule has 1 aromatic rings. The van der Waals surface area contributed by atoms with Crippen molar-refractivity contribution in [1.29, 1.82) is 0 Å². The summed E-state index contributed by atoms with van der Waals surface area (Å²) in [5.74, 6) is -0.0148. The van der Waals surface area contributed by atoms with Gasteiger partial charge < -0.3 is 10.1 Å². The fourth-order valence-corrected chi connectivity index (χ4v) is 4.91. The Labute approximate surface area is 160 Å². The highest BCUT2D eigenvalue weighted by Gasteiger charge is 2.44. The summed E-state index contributed by atoms with van der Waals surface area (Å²) in [6.45, 7) is 0. The van der Waals surface area contributed by atoms with E-state index in [2.05, 4.69) is 34.4 Å². The minimum absolute atomic E-state index is 0.0720. The zero-order chi connectivity index (χ0) is 18.8. The number of ether oxygens (including phenoxy) is 1. The van der Waals surface area contributed by atoms with Gasteiger partial charge >= 0.3 is 5.97 Å². The molecule has 4 atom stereocenters. The molecule has 0 radical (unpaired) electrons. The summed E-state index contributed by atoms with van der Waals surface area (Å²) in [6, 6.07) is 6.55. The summed E-state index contributed by atoms with van der Waals surface area (Å²) in [4.78, 5) is 24.5. The van der Waals surface area contributed by atoms with E-state index in [1.54, 1.807) is 0 Å². The quantitative estimate of drug-likeness (QED) is 0.698. The molecular weight excluding hydrogens is 342 g/mol. The number of carbonyl (C=O) groups excluding carboxylic acids is 2. The number of methoxy groups -OCH3 is 1. The minimum Gasteiger partial charge on any atom is -0.468 e. The molecule has 27 heavy (non-hydrogen) atoms. The van der Waals surface area contributed by atoms with Crippen LogP contribution in [0.3, 0.4) is 0 Å². The number of hydrogen-bond acceptors (Lipinski definition) is 5. The van der Waals surface area contributed by atoms with E-state index in [1.807, 2.05) is 0 Å². The maximum atomic E-state index is 12.6. The summed E-state index contributed by atoms with van der Waals surface area (Å²) in [6.07, 6.45) is 7.90. The monoisotopic (exact) mass is 371 g/mol. The molecule has 146 valence electrons. The van der Waals surface area contributed by atoms with Gasteiger partial charge in [-0.15, -0.1) is 0 Å². The van der Waals surface area contributed by atoms with Crippen molar-refractivity contribution >= 4 is 11.9 Å². The zero-order valence-electron chi connectivity index (χ0n) is 15.9. The van der Waals surface area contributed by atoms with Crippen molar-refractivity contribution in [3.05, 3.63) is 34.9 Å². The SMILES string of the molecule is COC(=O)C1NNC2CCC(NC(=O)Cc3ccc4c(c3)CCCC4)CC21. The lowest BCUT2D eigenvalue weighted by atomic mass is 9.79. The number of rotatable bonds is 4. The van der Waals surface area contributed by atoms with Crippen LogP contribution < -0.4 is 16.2 Å². The Morgan fingerprint density at radius 1 is 1.15 bits per heavy atom. The molecule has 6 nitrogen and oxygen atoms in total. The second-order valence-corrected chi connectivity index (χ2v) is 8.12. The normalized spacial score (nSPS) is 29.5. The predicted octanol–water partition coefficient (Wildman–Crippen LogP) is 1.41. The van der Waals surface area contributed by atoms with Crippen LogP contribution in [0.4, 0.5) is 0 Å². The van der Waals surface area contributed by atoms with Crippen molar-refractivity contribution < 1.29 is 14.3 Å². The van der Waals surface area contributed by atoms with Crippen LogP contribution in [-0.2, 0) is 33.6 Å². The molecule has 0 bridgehead atoms. The molecular formula is C21H29N3O3.